The Hall–Kier alpha value is -1.06. The number of carbonyl (C=O) groups is 3. The zero-order valence-electron chi connectivity index (χ0n) is 11.1. The Balaban J connectivity index is 5.04. The number of nitrogens with one attached hydrogen (secondary N) is 1. The summed E-state index contributed by atoms with van der Waals surface area (Å²) in [5, 5.41) is 10.8. The van der Waals surface area contributed by atoms with Gasteiger partial charge in [-0.05, 0) is 6.92 Å². The Morgan fingerprint density at radius 2 is 2.05 bits per heavy atom. The van der Waals surface area contributed by atoms with Crippen molar-refractivity contribution in [3.8, 4) is 0 Å². The van der Waals surface area contributed by atoms with Gasteiger partial charge in [-0.25, -0.2) is 0 Å². The van der Waals surface area contributed by atoms with Gasteiger partial charge in [-0.2, -0.15) is 0 Å². The maximum atomic E-state index is 11.8. The van der Waals surface area contributed by atoms with Gasteiger partial charge in [0.25, 0.3) is 5.91 Å². The minimum absolute atomic E-state index is 0.142. The highest BCUT2D eigenvalue weighted by molar-refractivity contribution is 8.24. The van der Waals surface area contributed by atoms with Crippen LogP contribution >= 0.6 is 36.6 Å². The van der Waals surface area contributed by atoms with Crippen LogP contribution in [0, 0.1) is 0 Å². The zero-order valence-corrected chi connectivity index (χ0v) is 13.6. The van der Waals surface area contributed by atoms with E-state index in [0.29, 0.717) is 11.4 Å². The number of likely N-dealkylation sites (N-methyl/N-ethyl adjacent to an activating group) is 1. The van der Waals surface area contributed by atoms with Crippen LogP contribution in [0.25, 0.3) is 0 Å². The molecule has 0 saturated heterocycles. The smallest absolute Gasteiger partial charge is 0.322 e. The first-order valence-corrected chi connectivity index (χ1v) is 7.41. The number of carboxylic acids is 1. The molecule has 0 aliphatic rings. The summed E-state index contributed by atoms with van der Waals surface area (Å²) in [5.74, 6) is -1.87. The monoisotopic (exact) mass is 336 g/mol. The number of thiocarbonyl (C=S) groups is 1. The predicted molar refractivity (Wildman–Crippen MR) is 85.8 cm³/mol. The van der Waals surface area contributed by atoms with Crippen molar-refractivity contribution in [2.24, 2.45) is 0 Å². The summed E-state index contributed by atoms with van der Waals surface area (Å²) in [7, 11) is 0. The van der Waals surface area contributed by atoms with Crippen LogP contribution in [0.15, 0.2) is 9.81 Å². The molecule has 0 aromatic heterocycles. The Kier molecular flexibility index (Phi) is 9.26. The van der Waals surface area contributed by atoms with Gasteiger partial charge in [0, 0.05) is 23.1 Å². The topological polar surface area (TPSA) is 86.7 Å². The summed E-state index contributed by atoms with van der Waals surface area (Å²) in [6, 6.07) is 0. The van der Waals surface area contributed by atoms with Gasteiger partial charge in [-0.3, -0.25) is 14.4 Å². The van der Waals surface area contributed by atoms with E-state index in [1.54, 1.807) is 6.92 Å². The largest absolute Gasteiger partial charge is 0.480 e. The molecule has 112 valence electrons. The third-order valence-electron chi connectivity index (χ3n) is 2.20. The summed E-state index contributed by atoms with van der Waals surface area (Å²) >= 11 is 9.87. The molecule has 0 bridgehead atoms. The third kappa shape index (κ3) is 6.92. The third-order valence-corrected chi connectivity index (χ3v) is 3.77. The van der Waals surface area contributed by atoms with Crippen molar-refractivity contribution in [3.05, 3.63) is 9.81 Å². The quantitative estimate of drug-likeness (QED) is 0.347. The predicted octanol–water partition coefficient (Wildman–Crippen LogP) is 0.887. The first kappa shape index (κ1) is 18.9. The van der Waals surface area contributed by atoms with Crippen molar-refractivity contribution in [1.82, 2.24) is 10.2 Å². The van der Waals surface area contributed by atoms with Crippen LogP contribution in [0.1, 0.15) is 13.8 Å². The second kappa shape index (κ2) is 9.78. The number of carbonyl (C=O) groups excluding carboxylic acids is 2. The molecule has 0 aliphatic carbocycles. The average Bonchev–Trinajstić information content (AvgIpc) is 2.38. The first-order chi connectivity index (χ1) is 9.33. The lowest BCUT2D eigenvalue weighted by atomic mass is 10.4. The van der Waals surface area contributed by atoms with Gasteiger partial charge < -0.3 is 15.3 Å². The van der Waals surface area contributed by atoms with Crippen molar-refractivity contribution in [1.29, 1.82) is 0 Å². The highest BCUT2D eigenvalue weighted by Gasteiger charge is 2.17. The Morgan fingerprint density at radius 1 is 1.45 bits per heavy atom. The molecule has 6 nitrogen and oxygen atoms in total. The summed E-state index contributed by atoms with van der Waals surface area (Å²) in [6.07, 6.45) is 0. The summed E-state index contributed by atoms with van der Waals surface area (Å²) in [4.78, 5) is 35.6. The maximum absolute atomic E-state index is 11.8. The molecule has 0 saturated carbocycles. The van der Waals surface area contributed by atoms with E-state index in [9.17, 15) is 14.4 Å². The van der Waals surface area contributed by atoms with Gasteiger partial charge in [0.2, 0.25) is 5.91 Å². The van der Waals surface area contributed by atoms with Gasteiger partial charge in [0.05, 0.1) is 11.4 Å². The number of rotatable bonds is 8. The Morgan fingerprint density at radius 3 is 2.45 bits per heavy atom. The van der Waals surface area contributed by atoms with E-state index in [0.717, 1.165) is 11.8 Å². The number of aliphatic carboxylic acids is 1. The number of thiol groups is 1. The molecule has 0 atom stereocenters. The van der Waals surface area contributed by atoms with Crippen LogP contribution in [0.2, 0.25) is 0 Å². The minimum atomic E-state index is -1.15. The molecule has 0 aliphatic heterocycles. The average molecular weight is 336 g/mol. The van der Waals surface area contributed by atoms with E-state index in [-0.39, 0.29) is 17.4 Å². The number of nitrogens with zero attached hydrogens (tertiary/aromatic N) is 1. The lowest BCUT2D eigenvalue weighted by Gasteiger charge is -2.20. The van der Waals surface area contributed by atoms with Crippen molar-refractivity contribution in [2.45, 2.75) is 13.8 Å². The molecule has 0 fully saturated rings. The van der Waals surface area contributed by atoms with Gasteiger partial charge in [-0.1, -0.05) is 24.0 Å². The fourth-order valence-corrected chi connectivity index (χ4v) is 2.43. The molecule has 0 radical (unpaired) electrons. The van der Waals surface area contributed by atoms with Crippen molar-refractivity contribution in [2.75, 3.05) is 19.6 Å². The van der Waals surface area contributed by atoms with Crippen LogP contribution in [-0.2, 0) is 14.4 Å². The summed E-state index contributed by atoms with van der Waals surface area (Å²) in [5.41, 5.74) is 0. The van der Waals surface area contributed by atoms with Crippen molar-refractivity contribution in [3.63, 3.8) is 0 Å². The summed E-state index contributed by atoms with van der Waals surface area (Å²) in [6.45, 7) is 3.37. The van der Waals surface area contributed by atoms with Crippen molar-refractivity contribution < 1.29 is 19.5 Å². The van der Waals surface area contributed by atoms with Crippen LogP contribution < -0.4 is 5.32 Å². The van der Waals surface area contributed by atoms with E-state index in [1.807, 2.05) is 0 Å². The van der Waals surface area contributed by atoms with E-state index in [1.165, 1.54) is 16.5 Å². The van der Waals surface area contributed by atoms with Gasteiger partial charge >= 0.3 is 5.97 Å². The van der Waals surface area contributed by atoms with Crippen molar-refractivity contribution >= 4 is 59.1 Å². The molecule has 0 heterocycles. The molecule has 2 N–H and O–H groups in total. The molecule has 0 aromatic rings. The fourth-order valence-electron chi connectivity index (χ4n) is 1.24. The molecular formula is C11H16N2O4S3. The van der Waals surface area contributed by atoms with Gasteiger partial charge in [-0.15, -0.1) is 12.6 Å². The number of thioether (sulfide) groups is 1. The maximum Gasteiger partial charge on any atom is 0.322 e. The highest BCUT2D eigenvalue weighted by Crippen LogP contribution is 2.22. The standard InChI is InChI=1S/C11H16N2O4S3/c1-3-13(7(2)14)5-8(19)10(20-6-18)11(17)12-4-9(15)16/h6,19H,3-5H2,1-2H3,(H,12,17)(H,15,16)/b10-8-. The number of hydrogen-bond acceptors (Lipinski definition) is 6. The second-order valence-electron chi connectivity index (χ2n) is 3.60. The molecular weight excluding hydrogens is 320 g/mol. The van der Waals surface area contributed by atoms with Crippen LogP contribution in [0.5, 0.6) is 0 Å². The molecule has 9 heteroatoms. The van der Waals surface area contributed by atoms with E-state index in [4.69, 9.17) is 5.11 Å². The number of hydrogen-bond donors (Lipinski definition) is 3. The van der Waals surface area contributed by atoms with E-state index in [2.05, 4.69) is 30.2 Å². The molecule has 2 amide bonds. The molecule has 0 rings (SSSR count). The van der Waals surface area contributed by atoms with E-state index < -0.39 is 18.4 Å². The SMILES string of the molecule is CCN(C/C(S)=C(/SC=S)C(=O)NCC(=O)O)C(C)=O. The molecule has 0 spiro atoms. The van der Waals surface area contributed by atoms with Gasteiger partial charge in [0.15, 0.2) is 0 Å². The van der Waals surface area contributed by atoms with Crippen LogP contribution in [0.4, 0.5) is 0 Å². The van der Waals surface area contributed by atoms with Gasteiger partial charge in [0.1, 0.15) is 6.54 Å². The normalized spacial score (nSPS) is 11.3. The zero-order chi connectivity index (χ0) is 15.7. The summed E-state index contributed by atoms with van der Waals surface area (Å²) < 4.78 is 1.27. The second-order valence-corrected chi connectivity index (χ2v) is 5.55. The molecule has 0 aromatic carbocycles. The highest BCUT2D eigenvalue weighted by atomic mass is 32.2. The molecule has 20 heavy (non-hydrogen) atoms. The van der Waals surface area contributed by atoms with E-state index >= 15 is 0 Å². The Labute approximate surface area is 132 Å². The lowest BCUT2D eigenvalue weighted by molar-refractivity contribution is -0.137. The fraction of sp³-hybridized carbons (Fsp3) is 0.455. The lowest BCUT2D eigenvalue weighted by Crippen LogP contribution is -2.33. The minimum Gasteiger partial charge on any atom is -0.480 e. The first-order valence-electron chi connectivity index (χ1n) is 5.61. The number of carboxylic acid groups (broad SMARTS) is 1. The van der Waals surface area contributed by atoms with Crippen LogP contribution in [0.3, 0.4) is 0 Å². The molecule has 0 unspecified atom stereocenters. The number of amides is 2. The Bertz CT molecular complexity index is 437. The van der Waals surface area contributed by atoms with Crippen LogP contribution in [-0.4, -0.2) is 52.1 Å².